The number of amides is 1. The van der Waals surface area contributed by atoms with Gasteiger partial charge in [0.2, 0.25) is 10.0 Å². The maximum Gasteiger partial charge on any atom is 0.253 e. The summed E-state index contributed by atoms with van der Waals surface area (Å²) in [5.74, 6) is -0.172. The van der Waals surface area contributed by atoms with Crippen LogP contribution in [-0.2, 0) is 16.4 Å². The zero-order valence-corrected chi connectivity index (χ0v) is 15.6. The van der Waals surface area contributed by atoms with Gasteiger partial charge in [0.15, 0.2) is 0 Å². The van der Waals surface area contributed by atoms with Crippen molar-refractivity contribution < 1.29 is 13.2 Å². The molecule has 1 aromatic heterocycles. The van der Waals surface area contributed by atoms with E-state index in [0.29, 0.717) is 36.4 Å². The third kappa shape index (κ3) is 4.11. The number of benzene rings is 1. The molecule has 3 rings (SSSR count). The number of carbonyl (C=O) groups excluding carboxylic acids is 1. The molecular weight excluding hydrogens is 350 g/mol. The van der Waals surface area contributed by atoms with Crippen molar-refractivity contribution in [3.05, 3.63) is 59.9 Å². The minimum Gasteiger partial charge on any atom is -0.349 e. The maximum absolute atomic E-state index is 12.8. The Morgan fingerprint density at radius 1 is 1.19 bits per heavy atom. The van der Waals surface area contributed by atoms with Gasteiger partial charge in [-0.05, 0) is 49.1 Å². The second kappa shape index (κ2) is 7.97. The van der Waals surface area contributed by atoms with E-state index in [2.05, 4.69) is 10.3 Å². The molecule has 26 heavy (non-hydrogen) atoms. The van der Waals surface area contributed by atoms with Crippen LogP contribution >= 0.6 is 0 Å². The monoisotopic (exact) mass is 373 g/mol. The second-order valence-corrected chi connectivity index (χ2v) is 8.33. The Kier molecular flexibility index (Phi) is 5.68. The zero-order valence-electron chi connectivity index (χ0n) is 14.8. The van der Waals surface area contributed by atoms with Crippen LogP contribution in [0.25, 0.3) is 0 Å². The van der Waals surface area contributed by atoms with E-state index in [1.54, 1.807) is 30.5 Å². The summed E-state index contributed by atoms with van der Waals surface area (Å²) in [5, 5.41) is 2.96. The van der Waals surface area contributed by atoms with Crippen molar-refractivity contribution in [2.75, 3.05) is 13.1 Å². The molecule has 1 aromatic carbocycles. The van der Waals surface area contributed by atoms with Gasteiger partial charge in [-0.15, -0.1) is 0 Å². The lowest BCUT2D eigenvalue weighted by atomic mass is 10.1. The van der Waals surface area contributed by atoms with E-state index >= 15 is 0 Å². The first-order valence-corrected chi connectivity index (χ1v) is 10.2. The molecule has 0 saturated carbocycles. The van der Waals surface area contributed by atoms with E-state index in [4.69, 9.17) is 0 Å². The van der Waals surface area contributed by atoms with Gasteiger partial charge in [-0.25, -0.2) is 8.42 Å². The first-order chi connectivity index (χ1) is 12.5. The summed E-state index contributed by atoms with van der Waals surface area (Å²) in [6.07, 6.45) is 5.21. The molecule has 1 N–H and O–H groups in total. The highest BCUT2D eigenvalue weighted by Gasteiger charge is 2.30. The average molecular weight is 373 g/mol. The fourth-order valence-corrected chi connectivity index (χ4v) is 4.52. The topological polar surface area (TPSA) is 79.4 Å². The number of hydrogen-bond acceptors (Lipinski definition) is 4. The van der Waals surface area contributed by atoms with E-state index in [0.717, 1.165) is 12.0 Å². The standard InChI is InChI=1S/C19H23N3O3S/c1-2-15-5-7-18(8-6-15)26(24,25)22-12-9-17(10-13-22)21-19(23)16-4-3-11-20-14-16/h3-8,11,14,17H,2,9-10,12-13H2,1H3,(H,21,23). The van der Waals surface area contributed by atoms with E-state index in [1.165, 1.54) is 10.5 Å². The predicted octanol–water partition coefficient (Wildman–Crippen LogP) is 2.23. The summed E-state index contributed by atoms with van der Waals surface area (Å²) < 4.78 is 27.0. The molecule has 1 aliphatic rings. The first-order valence-electron chi connectivity index (χ1n) is 8.80. The summed E-state index contributed by atoms with van der Waals surface area (Å²) in [6, 6.07) is 10.4. The highest BCUT2D eigenvalue weighted by atomic mass is 32.2. The van der Waals surface area contributed by atoms with Crippen molar-refractivity contribution in [1.82, 2.24) is 14.6 Å². The van der Waals surface area contributed by atoms with Gasteiger partial charge in [0.25, 0.3) is 5.91 Å². The van der Waals surface area contributed by atoms with Gasteiger partial charge in [0.1, 0.15) is 0 Å². The number of piperidine rings is 1. The fourth-order valence-electron chi connectivity index (χ4n) is 3.05. The van der Waals surface area contributed by atoms with Gasteiger partial charge in [-0.1, -0.05) is 19.1 Å². The Morgan fingerprint density at radius 2 is 1.88 bits per heavy atom. The lowest BCUT2D eigenvalue weighted by Crippen LogP contribution is -2.46. The molecule has 0 aliphatic carbocycles. The van der Waals surface area contributed by atoms with Gasteiger partial charge >= 0.3 is 0 Å². The first kappa shape index (κ1) is 18.5. The van der Waals surface area contributed by atoms with Crippen LogP contribution in [0.2, 0.25) is 0 Å². The summed E-state index contributed by atoms with van der Waals surface area (Å²) in [6.45, 7) is 2.83. The van der Waals surface area contributed by atoms with Gasteiger partial charge in [-0.2, -0.15) is 4.31 Å². The Labute approximate surface area is 154 Å². The molecule has 1 saturated heterocycles. The highest BCUT2D eigenvalue weighted by Crippen LogP contribution is 2.21. The van der Waals surface area contributed by atoms with Crippen LogP contribution in [0.15, 0.2) is 53.7 Å². The number of sulfonamides is 1. The minimum atomic E-state index is -3.48. The van der Waals surface area contributed by atoms with E-state index < -0.39 is 10.0 Å². The molecular formula is C19H23N3O3S. The van der Waals surface area contributed by atoms with Crippen LogP contribution in [0.1, 0.15) is 35.7 Å². The number of nitrogens with zero attached hydrogens (tertiary/aromatic N) is 2. The summed E-state index contributed by atoms with van der Waals surface area (Å²) in [4.78, 5) is 16.5. The third-order valence-electron chi connectivity index (χ3n) is 4.68. The molecule has 0 atom stereocenters. The van der Waals surface area contributed by atoms with E-state index in [1.807, 2.05) is 19.1 Å². The number of carbonyl (C=O) groups is 1. The Morgan fingerprint density at radius 3 is 2.46 bits per heavy atom. The second-order valence-electron chi connectivity index (χ2n) is 6.39. The lowest BCUT2D eigenvalue weighted by molar-refractivity contribution is 0.0923. The van der Waals surface area contributed by atoms with Crippen LogP contribution in [0.3, 0.4) is 0 Å². The summed E-state index contributed by atoms with van der Waals surface area (Å²) >= 11 is 0. The molecule has 0 bridgehead atoms. The van der Waals surface area contributed by atoms with Crippen LogP contribution in [0.4, 0.5) is 0 Å². The number of aromatic nitrogens is 1. The van der Waals surface area contributed by atoms with Crippen LogP contribution in [0.5, 0.6) is 0 Å². The number of rotatable bonds is 5. The molecule has 0 radical (unpaired) electrons. The molecule has 2 heterocycles. The van der Waals surface area contributed by atoms with Crippen LogP contribution < -0.4 is 5.32 Å². The van der Waals surface area contributed by atoms with Crippen molar-refractivity contribution in [2.45, 2.75) is 37.1 Å². The summed E-state index contributed by atoms with van der Waals surface area (Å²) in [7, 11) is -3.48. The Hall–Kier alpha value is -2.25. The molecule has 1 amide bonds. The van der Waals surface area contributed by atoms with Gasteiger partial charge in [0, 0.05) is 31.5 Å². The van der Waals surface area contributed by atoms with E-state index in [-0.39, 0.29) is 11.9 Å². The van der Waals surface area contributed by atoms with Gasteiger partial charge in [0.05, 0.1) is 10.5 Å². The molecule has 138 valence electrons. The molecule has 2 aromatic rings. The van der Waals surface area contributed by atoms with Crippen LogP contribution in [0, 0.1) is 0 Å². The van der Waals surface area contributed by atoms with Crippen molar-refractivity contribution in [3.63, 3.8) is 0 Å². The lowest BCUT2D eigenvalue weighted by Gasteiger charge is -2.31. The van der Waals surface area contributed by atoms with Crippen LogP contribution in [-0.4, -0.2) is 42.7 Å². The molecule has 6 nitrogen and oxygen atoms in total. The molecule has 0 spiro atoms. The quantitative estimate of drug-likeness (QED) is 0.872. The zero-order chi connectivity index (χ0) is 18.6. The van der Waals surface area contributed by atoms with Crippen molar-refractivity contribution >= 4 is 15.9 Å². The SMILES string of the molecule is CCc1ccc(S(=O)(=O)N2CCC(NC(=O)c3cccnc3)CC2)cc1. The van der Waals surface area contributed by atoms with Crippen molar-refractivity contribution in [3.8, 4) is 0 Å². The molecule has 1 aliphatic heterocycles. The fraction of sp³-hybridized carbons (Fsp3) is 0.368. The predicted molar refractivity (Wildman–Crippen MR) is 99.3 cm³/mol. The average Bonchev–Trinajstić information content (AvgIpc) is 2.69. The smallest absolute Gasteiger partial charge is 0.253 e. The summed E-state index contributed by atoms with van der Waals surface area (Å²) in [5.41, 5.74) is 1.62. The van der Waals surface area contributed by atoms with Crippen molar-refractivity contribution in [1.29, 1.82) is 0 Å². The Balaban J connectivity index is 1.59. The van der Waals surface area contributed by atoms with Gasteiger partial charge in [-0.3, -0.25) is 9.78 Å². The normalized spacial score (nSPS) is 16.3. The highest BCUT2D eigenvalue weighted by molar-refractivity contribution is 7.89. The largest absolute Gasteiger partial charge is 0.349 e. The number of hydrogen-bond donors (Lipinski definition) is 1. The number of nitrogens with one attached hydrogen (secondary N) is 1. The van der Waals surface area contributed by atoms with E-state index in [9.17, 15) is 13.2 Å². The number of aryl methyl sites for hydroxylation is 1. The Bertz CT molecular complexity index is 843. The molecule has 1 fully saturated rings. The van der Waals surface area contributed by atoms with Crippen molar-refractivity contribution in [2.24, 2.45) is 0 Å². The van der Waals surface area contributed by atoms with Gasteiger partial charge < -0.3 is 5.32 Å². The molecule has 7 heteroatoms. The third-order valence-corrected chi connectivity index (χ3v) is 6.60. The minimum absolute atomic E-state index is 0.0309. The number of pyridine rings is 1. The molecule has 0 unspecified atom stereocenters. The maximum atomic E-state index is 12.8.